The lowest BCUT2D eigenvalue weighted by atomic mass is 10.0. The Balaban J connectivity index is 1.84. The van der Waals surface area contributed by atoms with Crippen LogP contribution in [0.25, 0.3) is 0 Å². The average Bonchev–Trinajstić information content (AvgIpc) is 3.11. The van der Waals surface area contributed by atoms with Crippen LogP contribution >= 0.6 is 0 Å². The molecule has 1 aliphatic heterocycles. The quantitative estimate of drug-likeness (QED) is 0.787. The van der Waals surface area contributed by atoms with Gasteiger partial charge in [-0.25, -0.2) is 4.79 Å². The predicted molar refractivity (Wildman–Crippen MR) is 76.8 cm³/mol. The molecule has 3 N–H and O–H groups in total. The number of hydrogen-bond donors (Lipinski definition) is 3. The molecule has 0 saturated heterocycles. The van der Waals surface area contributed by atoms with Gasteiger partial charge in [0.1, 0.15) is 11.4 Å². The minimum atomic E-state index is -1.13. The van der Waals surface area contributed by atoms with Gasteiger partial charge in [0.05, 0.1) is 6.61 Å². The van der Waals surface area contributed by atoms with E-state index in [-0.39, 0.29) is 5.69 Å². The normalized spacial score (nSPS) is 14.0. The van der Waals surface area contributed by atoms with Gasteiger partial charge in [0.15, 0.2) is 6.04 Å². The second-order valence-electron chi connectivity index (χ2n) is 5.15. The van der Waals surface area contributed by atoms with Gasteiger partial charge < -0.3 is 15.2 Å². The van der Waals surface area contributed by atoms with E-state index in [0.29, 0.717) is 12.2 Å². The summed E-state index contributed by atoms with van der Waals surface area (Å²) in [5, 5.41) is 18.4. The molecular formula is C15H15N3O4. The third-order valence-electron chi connectivity index (χ3n) is 3.51. The number of carboxylic acids is 1. The Labute approximate surface area is 126 Å². The lowest BCUT2D eigenvalue weighted by molar-refractivity contribution is -0.139. The van der Waals surface area contributed by atoms with Crippen molar-refractivity contribution in [3.05, 3.63) is 46.8 Å². The van der Waals surface area contributed by atoms with E-state index in [2.05, 4.69) is 15.5 Å². The monoisotopic (exact) mass is 301 g/mol. The molecule has 0 aliphatic carbocycles. The SMILES string of the molecule is Cc1cc(C(=O)NC(C(=O)O)c2ccc3c(c2)CCO3)n[nH]1. The molecule has 0 fully saturated rings. The molecule has 0 saturated carbocycles. The first-order chi connectivity index (χ1) is 10.5. The summed E-state index contributed by atoms with van der Waals surface area (Å²) in [6, 6.07) is 5.58. The number of carbonyl (C=O) groups excluding carboxylic acids is 1. The summed E-state index contributed by atoms with van der Waals surface area (Å²) in [6.07, 6.45) is 0.738. The molecule has 1 unspecified atom stereocenters. The first kappa shape index (κ1) is 14.1. The van der Waals surface area contributed by atoms with Crippen LogP contribution < -0.4 is 10.1 Å². The number of rotatable bonds is 4. The van der Waals surface area contributed by atoms with Gasteiger partial charge in [-0.15, -0.1) is 0 Å². The lowest BCUT2D eigenvalue weighted by Gasteiger charge is -2.15. The van der Waals surface area contributed by atoms with Crippen molar-refractivity contribution in [3.63, 3.8) is 0 Å². The van der Waals surface area contributed by atoms with E-state index in [1.54, 1.807) is 31.2 Å². The Bertz CT molecular complexity index is 738. The van der Waals surface area contributed by atoms with Gasteiger partial charge in [0.25, 0.3) is 5.91 Å². The molecule has 1 atom stereocenters. The van der Waals surface area contributed by atoms with Crippen LogP contribution in [-0.2, 0) is 11.2 Å². The second-order valence-corrected chi connectivity index (χ2v) is 5.15. The molecule has 7 nitrogen and oxygen atoms in total. The molecule has 1 amide bonds. The number of benzene rings is 1. The minimum absolute atomic E-state index is 0.160. The van der Waals surface area contributed by atoms with E-state index < -0.39 is 17.9 Å². The fourth-order valence-corrected chi connectivity index (χ4v) is 2.41. The van der Waals surface area contributed by atoms with Crippen molar-refractivity contribution in [2.24, 2.45) is 0 Å². The van der Waals surface area contributed by atoms with Crippen molar-refractivity contribution in [3.8, 4) is 5.75 Å². The highest BCUT2D eigenvalue weighted by molar-refractivity contribution is 5.95. The molecule has 0 radical (unpaired) electrons. The van der Waals surface area contributed by atoms with E-state index in [0.717, 1.165) is 23.4 Å². The summed E-state index contributed by atoms with van der Waals surface area (Å²) >= 11 is 0. The number of aromatic amines is 1. The molecule has 114 valence electrons. The van der Waals surface area contributed by atoms with Crippen LogP contribution in [0.5, 0.6) is 5.75 Å². The van der Waals surface area contributed by atoms with Crippen LogP contribution in [0.2, 0.25) is 0 Å². The number of carboxylic acid groups (broad SMARTS) is 1. The van der Waals surface area contributed by atoms with Gasteiger partial charge >= 0.3 is 5.97 Å². The zero-order chi connectivity index (χ0) is 15.7. The Hall–Kier alpha value is -2.83. The number of ether oxygens (including phenoxy) is 1. The number of carbonyl (C=O) groups is 2. The summed E-state index contributed by atoms with van der Waals surface area (Å²) in [6.45, 7) is 2.36. The first-order valence-electron chi connectivity index (χ1n) is 6.86. The fraction of sp³-hybridized carbons (Fsp3) is 0.267. The number of nitrogens with zero attached hydrogens (tertiary/aromatic N) is 1. The standard InChI is InChI=1S/C15H15N3O4/c1-8-6-11(18-17-8)14(19)16-13(15(20)21)10-2-3-12-9(7-10)4-5-22-12/h2-3,6-7,13H,4-5H2,1H3,(H,16,19)(H,17,18)(H,20,21). The van der Waals surface area contributed by atoms with Gasteiger partial charge in [0.2, 0.25) is 0 Å². The van der Waals surface area contributed by atoms with Crippen molar-refractivity contribution >= 4 is 11.9 Å². The van der Waals surface area contributed by atoms with E-state index in [1.807, 2.05) is 0 Å². The Kier molecular flexibility index (Phi) is 3.54. The number of aliphatic carboxylic acids is 1. The number of hydrogen-bond acceptors (Lipinski definition) is 4. The number of H-pyrrole nitrogens is 1. The van der Waals surface area contributed by atoms with Crippen LogP contribution in [0.1, 0.15) is 33.4 Å². The van der Waals surface area contributed by atoms with Gasteiger partial charge in [-0.3, -0.25) is 9.89 Å². The Morgan fingerprint density at radius 2 is 2.23 bits per heavy atom. The molecular weight excluding hydrogens is 286 g/mol. The largest absolute Gasteiger partial charge is 0.493 e. The number of aryl methyl sites for hydroxylation is 1. The maximum absolute atomic E-state index is 12.1. The fourth-order valence-electron chi connectivity index (χ4n) is 2.41. The maximum atomic E-state index is 12.1. The molecule has 2 heterocycles. The zero-order valence-electron chi connectivity index (χ0n) is 11.9. The van der Waals surface area contributed by atoms with Crippen molar-refractivity contribution < 1.29 is 19.4 Å². The van der Waals surface area contributed by atoms with Crippen molar-refractivity contribution in [1.82, 2.24) is 15.5 Å². The topological polar surface area (TPSA) is 104 Å². The number of amides is 1. The molecule has 7 heteroatoms. The van der Waals surface area contributed by atoms with Gasteiger partial charge in [-0.2, -0.15) is 5.10 Å². The number of fused-ring (bicyclic) bond motifs is 1. The smallest absolute Gasteiger partial charge is 0.330 e. The van der Waals surface area contributed by atoms with E-state index in [4.69, 9.17) is 4.74 Å². The summed E-state index contributed by atoms with van der Waals surface area (Å²) in [5.74, 6) is -0.893. The van der Waals surface area contributed by atoms with Crippen LogP contribution in [-0.4, -0.2) is 33.8 Å². The van der Waals surface area contributed by atoms with Gasteiger partial charge in [0, 0.05) is 12.1 Å². The number of nitrogens with one attached hydrogen (secondary N) is 2. The van der Waals surface area contributed by atoms with Crippen LogP contribution in [0, 0.1) is 6.92 Å². The summed E-state index contributed by atoms with van der Waals surface area (Å²) < 4.78 is 5.40. The minimum Gasteiger partial charge on any atom is -0.493 e. The van der Waals surface area contributed by atoms with Gasteiger partial charge in [-0.05, 0) is 36.2 Å². The zero-order valence-corrected chi connectivity index (χ0v) is 11.9. The molecule has 1 aromatic carbocycles. The van der Waals surface area contributed by atoms with Crippen LogP contribution in [0.4, 0.5) is 0 Å². The summed E-state index contributed by atoms with van der Waals surface area (Å²) in [4.78, 5) is 23.6. The average molecular weight is 301 g/mol. The first-order valence-corrected chi connectivity index (χ1v) is 6.86. The van der Waals surface area contributed by atoms with Crippen molar-refractivity contribution in [2.75, 3.05) is 6.61 Å². The maximum Gasteiger partial charge on any atom is 0.330 e. The van der Waals surface area contributed by atoms with E-state index >= 15 is 0 Å². The third kappa shape index (κ3) is 2.65. The van der Waals surface area contributed by atoms with Crippen molar-refractivity contribution in [1.29, 1.82) is 0 Å². The molecule has 1 aromatic heterocycles. The number of aromatic nitrogens is 2. The van der Waals surface area contributed by atoms with E-state index in [9.17, 15) is 14.7 Å². The highest BCUT2D eigenvalue weighted by atomic mass is 16.5. The predicted octanol–water partition coefficient (Wildman–Crippen LogP) is 1.21. The van der Waals surface area contributed by atoms with E-state index in [1.165, 1.54) is 0 Å². The molecule has 2 aromatic rings. The molecule has 22 heavy (non-hydrogen) atoms. The van der Waals surface area contributed by atoms with Crippen molar-refractivity contribution in [2.45, 2.75) is 19.4 Å². The second kappa shape index (κ2) is 5.51. The Morgan fingerprint density at radius 3 is 2.91 bits per heavy atom. The highest BCUT2D eigenvalue weighted by Gasteiger charge is 2.25. The Morgan fingerprint density at radius 1 is 1.41 bits per heavy atom. The lowest BCUT2D eigenvalue weighted by Crippen LogP contribution is -2.34. The molecule has 0 bridgehead atoms. The summed E-state index contributed by atoms with van der Waals surface area (Å²) in [7, 11) is 0. The molecule has 1 aliphatic rings. The van der Waals surface area contributed by atoms with Crippen LogP contribution in [0.15, 0.2) is 24.3 Å². The summed E-state index contributed by atoms with van der Waals surface area (Å²) in [5.41, 5.74) is 2.35. The molecule has 0 spiro atoms. The van der Waals surface area contributed by atoms with Crippen LogP contribution in [0.3, 0.4) is 0 Å². The third-order valence-corrected chi connectivity index (χ3v) is 3.51. The molecule has 3 rings (SSSR count). The van der Waals surface area contributed by atoms with Gasteiger partial charge in [-0.1, -0.05) is 6.07 Å². The highest BCUT2D eigenvalue weighted by Crippen LogP contribution is 2.28.